The van der Waals surface area contributed by atoms with Gasteiger partial charge in [0.15, 0.2) is 5.78 Å². The summed E-state index contributed by atoms with van der Waals surface area (Å²) in [7, 11) is 0. The van der Waals surface area contributed by atoms with Gasteiger partial charge in [-0.3, -0.25) is 4.79 Å². The van der Waals surface area contributed by atoms with Crippen molar-refractivity contribution in [2.45, 2.75) is 18.9 Å². The summed E-state index contributed by atoms with van der Waals surface area (Å²) in [6.45, 7) is 4.87. The van der Waals surface area contributed by atoms with Gasteiger partial charge in [0.05, 0.1) is 15.6 Å². The Balaban J connectivity index is 1.90. The van der Waals surface area contributed by atoms with Crippen molar-refractivity contribution < 1.29 is 9.53 Å². The SMILES string of the molecule is C=CCOc1cc(Cl)c(Cl)cc1C(=O)C1CC2CC1CN2. The monoisotopic (exact) mass is 325 g/mol. The minimum atomic E-state index is 0.0552. The van der Waals surface area contributed by atoms with Gasteiger partial charge in [0.2, 0.25) is 0 Å². The molecular weight excluding hydrogens is 309 g/mol. The van der Waals surface area contributed by atoms with Gasteiger partial charge in [0, 0.05) is 18.0 Å². The van der Waals surface area contributed by atoms with Crippen LogP contribution in [0.3, 0.4) is 0 Å². The Kier molecular flexibility index (Phi) is 4.25. The van der Waals surface area contributed by atoms with Crippen LogP contribution in [0.15, 0.2) is 24.8 Å². The number of piperidine rings is 1. The molecule has 1 aliphatic carbocycles. The summed E-state index contributed by atoms with van der Waals surface area (Å²) in [5, 5.41) is 4.19. The number of ether oxygens (including phenoxy) is 1. The molecule has 1 aliphatic heterocycles. The number of carbonyl (C=O) groups is 1. The normalized spacial score (nSPS) is 26.9. The number of hydrogen-bond acceptors (Lipinski definition) is 3. The van der Waals surface area contributed by atoms with Crippen LogP contribution in [0.1, 0.15) is 23.2 Å². The Morgan fingerprint density at radius 2 is 2.14 bits per heavy atom. The van der Waals surface area contributed by atoms with Gasteiger partial charge in [-0.1, -0.05) is 35.9 Å². The molecule has 112 valence electrons. The first-order chi connectivity index (χ1) is 10.1. The van der Waals surface area contributed by atoms with E-state index in [-0.39, 0.29) is 11.7 Å². The lowest BCUT2D eigenvalue weighted by Crippen LogP contribution is -2.33. The summed E-state index contributed by atoms with van der Waals surface area (Å²) in [4.78, 5) is 12.8. The molecule has 3 rings (SSSR count). The van der Waals surface area contributed by atoms with Crippen molar-refractivity contribution in [2.24, 2.45) is 11.8 Å². The van der Waals surface area contributed by atoms with Gasteiger partial charge >= 0.3 is 0 Å². The molecule has 5 heteroatoms. The average molecular weight is 326 g/mol. The van der Waals surface area contributed by atoms with Gasteiger partial charge in [-0.15, -0.1) is 0 Å². The number of carbonyl (C=O) groups excluding carboxylic acids is 1. The van der Waals surface area contributed by atoms with Crippen molar-refractivity contribution in [3.8, 4) is 5.75 Å². The van der Waals surface area contributed by atoms with Crippen LogP contribution < -0.4 is 10.1 Å². The number of Topliss-reactive ketones (excluding diaryl/α,β-unsaturated/α-hetero) is 1. The Morgan fingerprint density at radius 1 is 1.38 bits per heavy atom. The molecule has 1 aromatic carbocycles. The molecule has 1 saturated carbocycles. The first-order valence-electron chi connectivity index (χ1n) is 7.10. The zero-order valence-corrected chi connectivity index (χ0v) is 13.1. The van der Waals surface area contributed by atoms with Crippen LogP contribution in [-0.4, -0.2) is 25.0 Å². The quantitative estimate of drug-likeness (QED) is 0.662. The van der Waals surface area contributed by atoms with E-state index in [1.165, 1.54) is 0 Å². The maximum absolute atomic E-state index is 12.8. The number of fused-ring (bicyclic) bond motifs is 2. The van der Waals surface area contributed by atoms with Gasteiger partial charge in [-0.05, 0) is 31.4 Å². The van der Waals surface area contributed by atoms with Crippen LogP contribution in [0, 0.1) is 11.8 Å². The summed E-state index contributed by atoms with van der Waals surface area (Å²) in [5.41, 5.74) is 0.531. The Hall–Kier alpha value is -1.03. The van der Waals surface area contributed by atoms with Crippen molar-refractivity contribution in [2.75, 3.05) is 13.2 Å². The summed E-state index contributed by atoms with van der Waals surface area (Å²) in [6, 6.07) is 3.72. The van der Waals surface area contributed by atoms with E-state index in [9.17, 15) is 4.79 Å². The second kappa shape index (κ2) is 5.99. The zero-order valence-electron chi connectivity index (χ0n) is 11.6. The third-order valence-corrected chi connectivity index (χ3v) is 5.07. The molecule has 1 N–H and O–H groups in total. The maximum atomic E-state index is 12.8. The first-order valence-corrected chi connectivity index (χ1v) is 7.86. The van der Waals surface area contributed by atoms with Crippen LogP contribution in [0.2, 0.25) is 10.0 Å². The predicted octanol–water partition coefficient (Wildman–Crippen LogP) is 3.74. The van der Waals surface area contributed by atoms with Crippen LogP contribution >= 0.6 is 23.2 Å². The fourth-order valence-electron chi connectivity index (χ4n) is 3.35. The molecule has 21 heavy (non-hydrogen) atoms. The molecule has 1 saturated heterocycles. The molecule has 1 heterocycles. The lowest BCUT2D eigenvalue weighted by Gasteiger charge is -2.22. The van der Waals surface area contributed by atoms with Crippen molar-refractivity contribution in [1.29, 1.82) is 0 Å². The van der Waals surface area contributed by atoms with Crippen LogP contribution in [0.25, 0.3) is 0 Å². The molecule has 3 unspecified atom stereocenters. The fourth-order valence-corrected chi connectivity index (χ4v) is 3.66. The minimum Gasteiger partial charge on any atom is -0.489 e. The third-order valence-electron chi connectivity index (χ3n) is 4.34. The Morgan fingerprint density at radius 3 is 2.76 bits per heavy atom. The van der Waals surface area contributed by atoms with E-state index in [2.05, 4.69) is 11.9 Å². The van der Waals surface area contributed by atoms with E-state index in [4.69, 9.17) is 27.9 Å². The van der Waals surface area contributed by atoms with E-state index in [0.717, 1.165) is 19.4 Å². The molecule has 0 amide bonds. The van der Waals surface area contributed by atoms with Crippen molar-refractivity contribution in [1.82, 2.24) is 5.32 Å². The van der Waals surface area contributed by atoms with E-state index >= 15 is 0 Å². The van der Waals surface area contributed by atoms with E-state index in [1.807, 2.05) is 0 Å². The zero-order chi connectivity index (χ0) is 15.0. The van der Waals surface area contributed by atoms with E-state index < -0.39 is 0 Å². The smallest absolute Gasteiger partial charge is 0.170 e. The molecule has 0 radical (unpaired) electrons. The number of halogens is 2. The number of benzene rings is 1. The van der Waals surface area contributed by atoms with Gasteiger partial charge in [-0.25, -0.2) is 0 Å². The van der Waals surface area contributed by atoms with Crippen LogP contribution in [0.5, 0.6) is 5.75 Å². The lowest BCUT2D eigenvalue weighted by atomic mass is 9.87. The number of nitrogens with one attached hydrogen (secondary N) is 1. The summed E-state index contributed by atoms with van der Waals surface area (Å²) in [6.07, 6.45) is 3.61. The maximum Gasteiger partial charge on any atom is 0.170 e. The van der Waals surface area contributed by atoms with Crippen molar-refractivity contribution in [3.63, 3.8) is 0 Å². The highest BCUT2D eigenvalue weighted by atomic mass is 35.5. The minimum absolute atomic E-state index is 0.0552. The number of hydrogen-bond donors (Lipinski definition) is 1. The van der Waals surface area contributed by atoms with Crippen LogP contribution in [-0.2, 0) is 0 Å². The molecule has 0 aromatic heterocycles. The standard InChI is InChI=1S/C16H17Cl2NO2/c1-2-3-21-15-7-14(18)13(17)6-12(15)16(20)11-5-10-4-9(11)8-19-10/h2,6-7,9-11,19H,1,3-5,8H2. The third kappa shape index (κ3) is 2.83. The predicted molar refractivity (Wildman–Crippen MR) is 84.5 cm³/mol. The summed E-state index contributed by atoms with van der Waals surface area (Å²) in [5.74, 6) is 1.08. The Labute approximate surface area is 134 Å². The second-order valence-corrected chi connectivity index (χ2v) is 6.48. The molecule has 3 atom stereocenters. The molecule has 2 bridgehead atoms. The highest BCUT2D eigenvalue weighted by Crippen LogP contribution is 2.41. The largest absolute Gasteiger partial charge is 0.489 e. The molecule has 1 aromatic rings. The van der Waals surface area contributed by atoms with Crippen molar-refractivity contribution >= 4 is 29.0 Å². The molecule has 0 spiro atoms. The summed E-state index contributed by atoms with van der Waals surface area (Å²) < 4.78 is 5.59. The first kappa shape index (κ1) is 14.9. The lowest BCUT2D eigenvalue weighted by molar-refractivity contribution is 0.0877. The molecule has 2 aliphatic rings. The molecule has 2 fully saturated rings. The second-order valence-electron chi connectivity index (χ2n) is 5.67. The Bertz CT molecular complexity index is 588. The van der Waals surface area contributed by atoms with Gasteiger partial charge in [-0.2, -0.15) is 0 Å². The molecule has 3 nitrogen and oxygen atoms in total. The highest BCUT2D eigenvalue weighted by molar-refractivity contribution is 6.42. The van der Waals surface area contributed by atoms with E-state index in [0.29, 0.717) is 39.9 Å². The number of rotatable bonds is 5. The van der Waals surface area contributed by atoms with Crippen molar-refractivity contribution in [3.05, 3.63) is 40.4 Å². The number of ketones is 1. The highest BCUT2D eigenvalue weighted by Gasteiger charge is 2.43. The van der Waals surface area contributed by atoms with Gasteiger partial charge < -0.3 is 10.1 Å². The topological polar surface area (TPSA) is 38.3 Å². The van der Waals surface area contributed by atoms with Crippen LogP contribution in [0.4, 0.5) is 0 Å². The van der Waals surface area contributed by atoms with Gasteiger partial charge in [0.25, 0.3) is 0 Å². The fraction of sp³-hybridized carbons (Fsp3) is 0.438. The average Bonchev–Trinajstić information content (AvgIpc) is 3.10. The summed E-state index contributed by atoms with van der Waals surface area (Å²) >= 11 is 12.1. The van der Waals surface area contributed by atoms with Gasteiger partial charge in [0.1, 0.15) is 12.4 Å². The van der Waals surface area contributed by atoms with E-state index in [1.54, 1.807) is 18.2 Å². The molecular formula is C16H17Cl2NO2.